The van der Waals surface area contributed by atoms with Gasteiger partial charge in [0.05, 0.1) is 15.9 Å². The molecule has 2 heterocycles. The number of rotatable bonds is 1. The van der Waals surface area contributed by atoms with Gasteiger partial charge >= 0.3 is 5.69 Å². The van der Waals surface area contributed by atoms with Crippen molar-refractivity contribution < 1.29 is 8.78 Å². The molecule has 25 heavy (non-hydrogen) atoms. The lowest BCUT2D eigenvalue weighted by atomic mass is 10.0. The van der Waals surface area contributed by atoms with Gasteiger partial charge in [-0.2, -0.15) is 0 Å². The Morgan fingerprint density at radius 3 is 2.76 bits per heavy atom. The van der Waals surface area contributed by atoms with Gasteiger partial charge in [0.25, 0.3) is 5.56 Å². The van der Waals surface area contributed by atoms with E-state index in [1.54, 1.807) is 0 Å². The van der Waals surface area contributed by atoms with Gasteiger partial charge in [0.2, 0.25) is 0 Å². The predicted octanol–water partition coefficient (Wildman–Crippen LogP) is 3.78. The van der Waals surface area contributed by atoms with E-state index in [4.69, 9.17) is 11.6 Å². The number of thioether (sulfide) groups is 1. The molecule has 1 aromatic heterocycles. The van der Waals surface area contributed by atoms with Crippen LogP contribution in [0.3, 0.4) is 0 Å². The molecule has 0 spiro atoms. The number of halogens is 3. The van der Waals surface area contributed by atoms with Crippen molar-refractivity contribution in [2.24, 2.45) is 0 Å². The maximum absolute atomic E-state index is 14.4. The second-order valence-corrected chi connectivity index (χ2v) is 7.21. The van der Waals surface area contributed by atoms with Crippen molar-refractivity contribution in [2.75, 3.05) is 5.75 Å². The fraction of sp³-hybridized carbons (Fsp3) is 0.176. The Labute approximate surface area is 149 Å². The van der Waals surface area contributed by atoms with Crippen molar-refractivity contribution in [1.82, 2.24) is 9.55 Å². The van der Waals surface area contributed by atoms with Gasteiger partial charge in [-0.05, 0) is 30.4 Å². The first-order chi connectivity index (χ1) is 12.0. The zero-order valence-electron chi connectivity index (χ0n) is 12.7. The molecule has 2 aromatic carbocycles. The summed E-state index contributed by atoms with van der Waals surface area (Å²) in [6.45, 7) is 0.444. The quantitative estimate of drug-likeness (QED) is 0.699. The van der Waals surface area contributed by atoms with Gasteiger partial charge in [0.1, 0.15) is 11.6 Å². The minimum Gasteiger partial charge on any atom is -0.292 e. The van der Waals surface area contributed by atoms with E-state index in [-0.39, 0.29) is 16.0 Å². The molecule has 0 atom stereocenters. The van der Waals surface area contributed by atoms with Crippen molar-refractivity contribution in [2.45, 2.75) is 17.9 Å². The van der Waals surface area contributed by atoms with Gasteiger partial charge < -0.3 is 0 Å². The summed E-state index contributed by atoms with van der Waals surface area (Å²) < 4.78 is 29.1. The van der Waals surface area contributed by atoms with Gasteiger partial charge in [-0.3, -0.25) is 14.3 Å². The number of nitrogens with one attached hydrogen (secondary N) is 1. The molecule has 0 aliphatic carbocycles. The van der Waals surface area contributed by atoms with Gasteiger partial charge in [-0.25, -0.2) is 13.6 Å². The van der Waals surface area contributed by atoms with Crippen LogP contribution in [-0.4, -0.2) is 15.3 Å². The normalized spacial score (nSPS) is 13.9. The summed E-state index contributed by atoms with van der Waals surface area (Å²) >= 11 is 7.77. The van der Waals surface area contributed by atoms with E-state index in [9.17, 15) is 18.4 Å². The summed E-state index contributed by atoms with van der Waals surface area (Å²) in [4.78, 5) is 27.3. The van der Waals surface area contributed by atoms with Crippen LogP contribution in [0.4, 0.5) is 8.78 Å². The average molecular weight is 381 g/mol. The van der Waals surface area contributed by atoms with Gasteiger partial charge in [-0.15, -0.1) is 11.8 Å². The molecule has 4 nitrogen and oxygen atoms in total. The molecular weight excluding hydrogens is 370 g/mol. The molecule has 0 amide bonds. The van der Waals surface area contributed by atoms with Gasteiger partial charge in [0, 0.05) is 28.6 Å². The van der Waals surface area contributed by atoms with Crippen LogP contribution in [0, 0.1) is 11.6 Å². The third-order valence-corrected chi connectivity index (χ3v) is 5.64. The maximum Gasteiger partial charge on any atom is 0.328 e. The lowest BCUT2D eigenvalue weighted by Crippen LogP contribution is -2.30. The van der Waals surface area contributed by atoms with Crippen molar-refractivity contribution in [3.8, 4) is 11.1 Å². The van der Waals surface area contributed by atoms with Crippen molar-refractivity contribution in [1.29, 1.82) is 0 Å². The van der Waals surface area contributed by atoms with Crippen molar-refractivity contribution in [3.05, 3.63) is 61.8 Å². The first kappa shape index (κ1) is 16.4. The van der Waals surface area contributed by atoms with Crippen LogP contribution in [0.5, 0.6) is 0 Å². The van der Waals surface area contributed by atoms with Crippen LogP contribution in [0.25, 0.3) is 22.0 Å². The van der Waals surface area contributed by atoms with Crippen LogP contribution in [0.15, 0.2) is 38.8 Å². The topological polar surface area (TPSA) is 54.9 Å². The zero-order valence-corrected chi connectivity index (χ0v) is 14.3. The second-order valence-electron chi connectivity index (χ2n) is 5.70. The number of aromatic amines is 1. The number of nitrogens with zero attached hydrogens (tertiary/aromatic N) is 1. The SMILES string of the molecule is O=c1[nH]c(=O)n2c3c(c(-c4ccc(F)cc4F)c(Cl)cc13)SCCC2. The van der Waals surface area contributed by atoms with E-state index < -0.39 is 22.9 Å². The third kappa shape index (κ3) is 2.58. The Bertz CT molecular complexity index is 1140. The number of H-pyrrole nitrogens is 1. The first-order valence-corrected chi connectivity index (χ1v) is 8.91. The summed E-state index contributed by atoms with van der Waals surface area (Å²) in [5, 5.41) is 0.457. The zero-order chi connectivity index (χ0) is 17.7. The molecule has 0 fully saturated rings. The van der Waals surface area contributed by atoms with E-state index in [2.05, 4.69) is 4.98 Å². The van der Waals surface area contributed by atoms with Gasteiger partial charge in [0.15, 0.2) is 0 Å². The molecule has 1 aliphatic heterocycles. The molecule has 0 saturated heterocycles. The van der Waals surface area contributed by atoms with E-state index >= 15 is 0 Å². The second kappa shape index (κ2) is 6.00. The van der Waals surface area contributed by atoms with Crippen LogP contribution in [0.1, 0.15) is 6.42 Å². The molecule has 1 aliphatic rings. The molecule has 4 rings (SSSR count). The Kier molecular flexibility index (Phi) is 3.92. The molecule has 1 N–H and O–H groups in total. The first-order valence-electron chi connectivity index (χ1n) is 7.55. The molecule has 0 radical (unpaired) electrons. The average Bonchev–Trinajstić information content (AvgIpc) is 2.77. The monoisotopic (exact) mass is 380 g/mol. The minimum absolute atomic E-state index is 0.136. The van der Waals surface area contributed by atoms with Crippen LogP contribution >= 0.6 is 23.4 Å². The summed E-state index contributed by atoms with van der Waals surface area (Å²) in [5.41, 5.74) is -0.0872. The highest BCUT2D eigenvalue weighted by Gasteiger charge is 2.23. The Morgan fingerprint density at radius 1 is 1.20 bits per heavy atom. The molecule has 0 saturated carbocycles. The predicted molar refractivity (Wildman–Crippen MR) is 94.5 cm³/mol. The Hall–Kier alpha value is -2.12. The lowest BCUT2D eigenvalue weighted by molar-refractivity contribution is 0.585. The van der Waals surface area contributed by atoms with Crippen LogP contribution in [0.2, 0.25) is 5.02 Å². The number of hydrogen-bond donors (Lipinski definition) is 1. The molecule has 3 aromatic rings. The highest BCUT2D eigenvalue weighted by Crippen LogP contribution is 2.43. The van der Waals surface area contributed by atoms with E-state index in [1.807, 2.05) is 0 Å². The lowest BCUT2D eigenvalue weighted by Gasteiger charge is -2.16. The van der Waals surface area contributed by atoms with E-state index in [1.165, 1.54) is 28.5 Å². The number of aromatic nitrogens is 2. The molecule has 0 bridgehead atoms. The molecule has 8 heteroatoms. The molecule has 0 unspecified atom stereocenters. The summed E-state index contributed by atoms with van der Waals surface area (Å²) in [5.74, 6) is -0.758. The number of aryl methyl sites for hydroxylation is 1. The highest BCUT2D eigenvalue weighted by atomic mass is 35.5. The van der Waals surface area contributed by atoms with Crippen molar-refractivity contribution >= 4 is 34.3 Å². The van der Waals surface area contributed by atoms with Crippen LogP contribution in [-0.2, 0) is 6.54 Å². The summed E-state index contributed by atoms with van der Waals surface area (Å²) in [7, 11) is 0. The fourth-order valence-corrected chi connectivity index (χ4v) is 4.65. The molecule has 128 valence electrons. The fourth-order valence-electron chi connectivity index (χ4n) is 3.08. The highest BCUT2D eigenvalue weighted by molar-refractivity contribution is 7.99. The Morgan fingerprint density at radius 2 is 2.00 bits per heavy atom. The minimum atomic E-state index is -0.749. The van der Waals surface area contributed by atoms with Gasteiger partial charge in [-0.1, -0.05) is 11.6 Å². The summed E-state index contributed by atoms with van der Waals surface area (Å²) in [6, 6.07) is 4.68. The van der Waals surface area contributed by atoms with Crippen molar-refractivity contribution in [3.63, 3.8) is 0 Å². The number of hydrogen-bond acceptors (Lipinski definition) is 3. The van der Waals surface area contributed by atoms with E-state index in [0.29, 0.717) is 34.7 Å². The summed E-state index contributed by atoms with van der Waals surface area (Å²) in [6.07, 6.45) is 0.712. The maximum atomic E-state index is 14.4. The van der Waals surface area contributed by atoms with Crippen LogP contribution < -0.4 is 11.2 Å². The third-order valence-electron chi connectivity index (χ3n) is 4.16. The largest absolute Gasteiger partial charge is 0.328 e. The smallest absolute Gasteiger partial charge is 0.292 e. The molecular formula is C17H11ClF2N2O2S. The standard InChI is InChI=1S/C17H11ClF2N2O2S/c18-11-7-10-14-15(13(11)9-3-2-8(19)6-12(9)20)25-5-1-4-22(14)17(24)21-16(10)23/h2-3,6-7H,1,4-5H2,(H,21,23,24). The Balaban J connectivity index is 2.19. The number of benzene rings is 2. The van der Waals surface area contributed by atoms with E-state index in [0.717, 1.165) is 12.1 Å².